The SMILES string of the molecule is CC1(C)c2ccccc2-c2cc3c(cc21)c1cc(-c2ccc4c(c2)c2ccccc2n4-c2ccccc2)ccc1n3-c1cccc(-c2ccccc2)c1. The van der Waals surface area contributed by atoms with Gasteiger partial charge in [0.1, 0.15) is 0 Å². The van der Waals surface area contributed by atoms with Crippen molar-refractivity contribution in [3.8, 4) is 44.8 Å². The molecule has 2 aromatic heterocycles. The summed E-state index contributed by atoms with van der Waals surface area (Å²) in [6.45, 7) is 4.75. The fourth-order valence-corrected chi connectivity index (χ4v) is 9.13. The molecule has 0 saturated carbocycles. The number of rotatable bonds is 4. The van der Waals surface area contributed by atoms with E-state index in [1.807, 2.05) is 0 Å². The summed E-state index contributed by atoms with van der Waals surface area (Å²) in [5.41, 5.74) is 17.5. The van der Waals surface area contributed by atoms with Gasteiger partial charge in [-0.2, -0.15) is 0 Å². The maximum Gasteiger partial charge on any atom is 0.0547 e. The van der Waals surface area contributed by atoms with E-state index >= 15 is 0 Å². The van der Waals surface area contributed by atoms with Crippen LogP contribution in [-0.4, -0.2) is 9.13 Å². The van der Waals surface area contributed by atoms with Crippen molar-refractivity contribution in [2.75, 3.05) is 0 Å². The lowest BCUT2D eigenvalue weighted by Crippen LogP contribution is -2.14. The number of benzene rings is 8. The minimum atomic E-state index is -0.0859. The van der Waals surface area contributed by atoms with Crippen LogP contribution in [0.2, 0.25) is 0 Å². The summed E-state index contributed by atoms with van der Waals surface area (Å²) in [6.07, 6.45) is 0. The Morgan fingerprint density at radius 3 is 1.64 bits per heavy atom. The van der Waals surface area contributed by atoms with E-state index in [1.165, 1.54) is 99.5 Å². The fraction of sp³-hybridized carbons (Fsp3) is 0.0588. The Hall–Kier alpha value is -6.64. The molecule has 0 saturated heterocycles. The number of hydrogen-bond donors (Lipinski definition) is 0. The first kappa shape index (κ1) is 30.0. The van der Waals surface area contributed by atoms with Crippen molar-refractivity contribution < 1.29 is 0 Å². The zero-order valence-corrected chi connectivity index (χ0v) is 29.7. The van der Waals surface area contributed by atoms with Gasteiger partial charge in [0.25, 0.3) is 0 Å². The summed E-state index contributed by atoms with van der Waals surface area (Å²) >= 11 is 0. The second-order valence-corrected chi connectivity index (χ2v) is 15.0. The monoisotopic (exact) mass is 676 g/mol. The molecule has 0 atom stereocenters. The highest BCUT2D eigenvalue weighted by Gasteiger charge is 2.36. The summed E-state index contributed by atoms with van der Waals surface area (Å²) < 4.78 is 4.86. The molecule has 53 heavy (non-hydrogen) atoms. The molecule has 1 aliphatic rings. The minimum Gasteiger partial charge on any atom is -0.309 e. The van der Waals surface area contributed by atoms with E-state index in [2.05, 4.69) is 205 Å². The molecule has 0 amide bonds. The Balaban J connectivity index is 1.16. The van der Waals surface area contributed by atoms with Gasteiger partial charge in [-0.1, -0.05) is 129 Å². The van der Waals surface area contributed by atoms with Gasteiger partial charge in [0.15, 0.2) is 0 Å². The molecule has 0 unspecified atom stereocenters. The normalized spacial score (nSPS) is 13.2. The van der Waals surface area contributed by atoms with Crippen LogP contribution >= 0.6 is 0 Å². The molecule has 0 aliphatic heterocycles. The van der Waals surface area contributed by atoms with Crippen LogP contribution in [-0.2, 0) is 5.41 Å². The molecule has 250 valence electrons. The molecule has 0 N–H and O–H groups in total. The van der Waals surface area contributed by atoms with E-state index < -0.39 is 0 Å². The van der Waals surface area contributed by atoms with Crippen molar-refractivity contribution >= 4 is 43.6 Å². The van der Waals surface area contributed by atoms with Gasteiger partial charge in [-0.05, 0) is 111 Å². The fourth-order valence-electron chi connectivity index (χ4n) is 9.13. The van der Waals surface area contributed by atoms with Gasteiger partial charge >= 0.3 is 0 Å². The van der Waals surface area contributed by atoms with E-state index in [0.29, 0.717) is 0 Å². The minimum absolute atomic E-state index is 0.0859. The lowest BCUT2D eigenvalue weighted by molar-refractivity contribution is 0.661. The Morgan fingerprint density at radius 2 is 0.868 bits per heavy atom. The van der Waals surface area contributed by atoms with Crippen LogP contribution in [0.4, 0.5) is 0 Å². The van der Waals surface area contributed by atoms with Crippen molar-refractivity contribution in [2.45, 2.75) is 19.3 Å². The molecule has 0 fully saturated rings. The van der Waals surface area contributed by atoms with Gasteiger partial charge in [0, 0.05) is 38.3 Å². The number of para-hydroxylation sites is 2. The summed E-state index contributed by atoms with van der Waals surface area (Å²) in [4.78, 5) is 0. The third-order valence-electron chi connectivity index (χ3n) is 11.7. The van der Waals surface area contributed by atoms with Gasteiger partial charge in [0.05, 0.1) is 22.1 Å². The van der Waals surface area contributed by atoms with Crippen molar-refractivity contribution in [3.05, 3.63) is 193 Å². The van der Waals surface area contributed by atoms with Crippen LogP contribution in [0.1, 0.15) is 25.0 Å². The van der Waals surface area contributed by atoms with Crippen LogP contribution in [0.25, 0.3) is 88.4 Å². The smallest absolute Gasteiger partial charge is 0.0547 e. The van der Waals surface area contributed by atoms with E-state index in [4.69, 9.17) is 0 Å². The highest BCUT2D eigenvalue weighted by Crippen LogP contribution is 2.51. The quantitative estimate of drug-likeness (QED) is 0.176. The van der Waals surface area contributed by atoms with E-state index in [1.54, 1.807) is 0 Å². The highest BCUT2D eigenvalue weighted by molar-refractivity contribution is 6.14. The lowest BCUT2D eigenvalue weighted by Gasteiger charge is -2.21. The Labute approximate surface area is 308 Å². The summed E-state index contributed by atoms with van der Waals surface area (Å²) in [7, 11) is 0. The average Bonchev–Trinajstić information content (AvgIpc) is 3.80. The standard InChI is InChI=1S/C51H36N2/c1-51(2)45-22-11-9-20-39(45)41-32-50-44(31-46(41)51)43-30-36(25-27-49(43)53(50)38-19-13-16-34(28-38)33-14-5-3-6-15-33)35-24-26-48-42(29-35)40-21-10-12-23-47(40)52(48)37-17-7-4-8-18-37/h3-32H,1-2H3. The van der Waals surface area contributed by atoms with E-state index in [-0.39, 0.29) is 5.41 Å². The molecule has 11 rings (SSSR count). The molecule has 10 aromatic rings. The van der Waals surface area contributed by atoms with Gasteiger partial charge in [-0.25, -0.2) is 0 Å². The van der Waals surface area contributed by atoms with Crippen molar-refractivity contribution in [2.24, 2.45) is 0 Å². The molecule has 2 nitrogen and oxygen atoms in total. The predicted octanol–water partition coefficient (Wildman–Crippen LogP) is 13.5. The molecular weight excluding hydrogens is 641 g/mol. The Morgan fingerprint density at radius 1 is 0.321 bits per heavy atom. The maximum atomic E-state index is 2.49. The Bertz CT molecular complexity index is 3070. The topological polar surface area (TPSA) is 9.86 Å². The predicted molar refractivity (Wildman–Crippen MR) is 224 cm³/mol. The van der Waals surface area contributed by atoms with Crippen LogP contribution in [0.15, 0.2) is 182 Å². The van der Waals surface area contributed by atoms with Gasteiger partial charge in [0.2, 0.25) is 0 Å². The third kappa shape index (κ3) is 4.39. The molecule has 2 heterocycles. The summed E-state index contributed by atoms with van der Waals surface area (Å²) in [5.74, 6) is 0. The van der Waals surface area contributed by atoms with Crippen LogP contribution < -0.4 is 0 Å². The molecule has 2 heteroatoms. The van der Waals surface area contributed by atoms with Crippen molar-refractivity contribution in [1.82, 2.24) is 9.13 Å². The maximum absolute atomic E-state index is 2.49. The van der Waals surface area contributed by atoms with Gasteiger partial charge in [-0.15, -0.1) is 0 Å². The highest BCUT2D eigenvalue weighted by atomic mass is 15.0. The van der Waals surface area contributed by atoms with Crippen molar-refractivity contribution in [1.29, 1.82) is 0 Å². The number of nitrogens with zero attached hydrogens (tertiary/aromatic N) is 2. The molecule has 1 aliphatic carbocycles. The van der Waals surface area contributed by atoms with E-state index in [9.17, 15) is 0 Å². The number of fused-ring (bicyclic) bond motifs is 9. The molecule has 8 aromatic carbocycles. The first-order valence-electron chi connectivity index (χ1n) is 18.5. The second-order valence-electron chi connectivity index (χ2n) is 15.0. The van der Waals surface area contributed by atoms with Gasteiger partial charge in [-0.3, -0.25) is 0 Å². The van der Waals surface area contributed by atoms with Gasteiger partial charge < -0.3 is 9.13 Å². The molecule has 0 bridgehead atoms. The van der Waals surface area contributed by atoms with Crippen LogP contribution in [0.5, 0.6) is 0 Å². The van der Waals surface area contributed by atoms with Crippen LogP contribution in [0.3, 0.4) is 0 Å². The first-order valence-corrected chi connectivity index (χ1v) is 18.5. The number of hydrogen-bond acceptors (Lipinski definition) is 0. The second kappa shape index (κ2) is 11.2. The Kier molecular flexibility index (Phi) is 6.33. The molecule has 0 radical (unpaired) electrons. The first-order chi connectivity index (χ1) is 26.0. The number of aromatic nitrogens is 2. The molecule has 0 spiro atoms. The summed E-state index contributed by atoms with van der Waals surface area (Å²) in [6, 6.07) is 67.1. The largest absolute Gasteiger partial charge is 0.309 e. The van der Waals surface area contributed by atoms with Crippen molar-refractivity contribution in [3.63, 3.8) is 0 Å². The average molecular weight is 677 g/mol. The molecular formula is C51H36N2. The zero-order chi connectivity index (χ0) is 35.3. The zero-order valence-electron chi connectivity index (χ0n) is 29.7. The summed E-state index contributed by atoms with van der Waals surface area (Å²) in [5, 5.41) is 5.08. The third-order valence-corrected chi connectivity index (χ3v) is 11.7. The van der Waals surface area contributed by atoms with Crippen LogP contribution in [0, 0.1) is 0 Å². The van der Waals surface area contributed by atoms with E-state index in [0.717, 1.165) is 0 Å². The lowest BCUT2D eigenvalue weighted by atomic mass is 9.82.